The number of rotatable bonds is 5. The predicted molar refractivity (Wildman–Crippen MR) is 87.8 cm³/mol. The largest absolute Gasteiger partial charge is 0.379 e. The number of ether oxygens (including phenoxy) is 1. The summed E-state index contributed by atoms with van der Waals surface area (Å²) in [6.07, 6.45) is 0. The topological polar surface area (TPSA) is 73.6 Å². The van der Waals surface area contributed by atoms with Crippen LogP contribution in [0.3, 0.4) is 0 Å². The van der Waals surface area contributed by atoms with Crippen molar-refractivity contribution in [1.82, 2.24) is 9.21 Å². The Morgan fingerprint density at radius 3 is 2.70 bits per heavy atom. The summed E-state index contributed by atoms with van der Waals surface area (Å²) in [7, 11) is -2.12. The molecule has 1 aliphatic heterocycles. The highest BCUT2D eigenvalue weighted by atomic mass is 35.5. The molecule has 0 radical (unpaired) electrons. The van der Waals surface area contributed by atoms with E-state index in [1.54, 1.807) is 7.05 Å². The van der Waals surface area contributed by atoms with E-state index in [-0.39, 0.29) is 21.5 Å². The molecule has 1 atom stereocenters. The quantitative estimate of drug-likeness (QED) is 0.799. The standard InChI is InChI=1S/C15H20ClN3O3S/c1-12(11-19-5-7-22-8-6-19)18(2)23(20,21)14-3-4-15(16)13(9-14)10-17/h3-4,9,12H,5-8,11H2,1-2H3. The van der Waals surface area contributed by atoms with Crippen LogP contribution < -0.4 is 0 Å². The first-order valence-electron chi connectivity index (χ1n) is 7.34. The fraction of sp³-hybridized carbons (Fsp3) is 0.533. The SMILES string of the molecule is CC(CN1CCOCC1)N(C)S(=O)(=O)c1ccc(Cl)c(C#N)c1. The molecule has 0 amide bonds. The molecule has 1 aromatic carbocycles. The molecular weight excluding hydrogens is 338 g/mol. The highest BCUT2D eigenvalue weighted by Gasteiger charge is 2.27. The lowest BCUT2D eigenvalue weighted by atomic mass is 10.2. The first kappa shape index (κ1) is 18.2. The van der Waals surface area contributed by atoms with E-state index in [1.807, 2.05) is 13.0 Å². The normalized spacial score (nSPS) is 17.9. The number of hydrogen-bond acceptors (Lipinski definition) is 5. The van der Waals surface area contributed by atoms with Crippen LogP contribution in [0.5, 0.6) is 0 Å². The Morgan fingerprint density at radius 2 is 2.09 bits per heavy atom. The second-order valence-corrected chi connectivity index (χ2v) is 7.94. The zero-order valence-corrected chi connectivity index (χ0v) is 14.8. The van der Waals surface area contributed by atoms with Crippen LogP contribution in [0, 0.1) is 11.3 Å². The summed E-state index contributed by atoms with van der Waals surface area (Å²) >= 11 is 5.87. The van der Waals surface area contributed by atoms with Crippen LogP contribution in [0.25, 0.3) is 0 Å². The average molecular weight is 358 g/mol. The van der Waals surface area contributed by atoms with E-state index >= 15 is 0 Å². The van der Waals surface area contributed by atoms with Gasteiger partial charge in [0.05, 0.1) is 28.7 Å². The highest BCUT2D eigenvalue weighted by molar-refractivity contribution is 7.89. The number of likely N-dealkylation sites (N-methyl/N-ethyl adjacent to an activating group) is 1. The fourth-order valence-corrected chi connectivity index (χ4v) is 3.97. The van der Waals surface area contributed by atoms with Gasteiger partial charge in [-0.2, -0.15) is 9.57 Å². The van der Waals surface area contributed by atoms with Crippen molar-refractivity contribution in [3.05, 3.63) is 28.8 Å². The number of morpholine rings is 1. The number of nitrogens with zero attached hydrogens (tertiary/aromatic N) is 3. The van der Waals surface area contributed by atoms with Gasteiger partial charge in [-0.1, -0.05) is 11.6 Å². The lowest BCUT2D eigenvalue weighted by Gasteiger charge is -2.32. The van der Waals surface area contributed by atoms with Crippen molar-refractivity contribution in [3.63, 3.8) is 0 Å². The Morgan fingerprint density at radius 1 is 1.43 bits per heavy atom. The van der Waals surface area contributed by atoms with Gasteiger partial charge in [-0.05, 0) is 25.1 Å². The van der Waals surface area contributed by atoms with Crippen LogP contribution in [0.15, 0.2) is 23.1 Å². The van der Waals surface area contributed by atoms with Crippen molar-refractivity contribution in [1.29, 1.82) is 5.26 Å². The van der Waals surface area contributed by atoms with Gasteiger partial charge in [0.25, 0.3) is 0 Å². The third-order valence-electron chi connectivity index (χ3n) is 3.98. The third-order valence-corrected chi connectivity index (χ3v) is 6.28. The second kappa shape index (κ2) is 7.60. The minimum atomic E-state index is -3.67. The van der Waals surface area contributed by atoms with Crippen LogP contribution in [-0.2, 0) is 14.8 Å². The minimum Gasteiger partial charge on any atom is -0.379 e. The average Bonchev–Trinajstić information content (AvgIpc) is 2.55. The molecule has 1 aliphatic rings. The molecule has 1 unspecified atom stereocenters. The molecule has 0 N–H and O–H groups in total. The Balaban J connectivity index is 2.16. The molecule has 0 saturated carbocycles. The van der Waals surface area contributed by atoms with Crippen molar-refractivity contribution in [2.24, 2.45) is 0 Å². The summed E-state index contributed by atoms with van der Waals surface area (Å²) in [5.74, 6) is 0. The molecule has 2 rings (SSSR count). The highest BCUT2D eigenvalue weighted by Crippen LogP contribution is 2.23. The van der Waals surface area contributed by atoms with Gasteiger partial charge in [0.1, 0.15) is 6.07 Å². The first-order valence-corrected chi connectivity index (χ1v) is 9.16. The van der Waals surface area contributed by atoms with Gasteiger partial charge < -0.3 is 4.74 Å². The van der Waals surface area contributed by atoms with E-state index in [4.69, 9.17) is 21.6 Å². The van der Waals surface area contributed by atoms with E-state index < -0.39 is 10.0 Å². The molecular formula is C15H20ClN3O3S. The van der Waals surface area contributed by atoms with E-state index in [0.29, 0.717) is 19.8 Å². The maximum Gasteiger partial charge on any atom is 0.243 e. The summed E-state index contributed by atoms with van der Waals surface area (Å²) in [4.78, 5) is 2.26. The van der Waals surface area contributed by atoms with E-state index in [2.05, 4.69) is 4.90 Å². The number of nitriles is 1. The molecule has 0 aromatic heterocycles. The summed E-state index contributed by atoms with van der Waals surface area (Å²) < 4.78 is 32.1. The molecule has 0 bridgehead atoms. The van der Waals surface area contributed by atoms with Gasteiger partial charge in [-0.3, -0.25) is 4.90 Å². The van der Waals surface area contributed by atoms with Crippen molar-refractivity contribution in [2.45, 2.75) is 17.9 Å². The Kier molecular flexibility index (Phi) is 6.00. The monoisotopic (exact) mass is 357 g/mol. The van der Waals surface area contributed by atoms with Gasteiger partial charge in [0.2, 0.25) is 10.0 Å². The zero-order valence-electron chi connectivity index (χ0n) is 13.2. The van der Waals surface area contributed by atoms with Gasteiger partial charge in [-0.15, -0.1) is 0 Å². The van der Waals surface area contributed by atoms with E-state index in [1.165, 1.54) is 22.5 Å². The van der Waals surface area contributed by atoms with E-state index in [9.17, 15) is 8.42 Å². The van der Waals surface area contributed by atoms with Gasteiger partial charge in [0, 0.05) is 32.7 Å². The van der Waals surface area contributed by atoms with Gasteiger partial charge in [0.15, 0.2) is 0 Å². The fourth-order valence-electron chi connectivity index (χ4n) is 2.43. The summed E-state index contributed by atoms with van der Waals surface area (Å²) in [5, 5.41) is 9.26. The number of benzene rings is 1. The number of halogens is 1. The van der Waals surface area contributed by atoms with Crippen LogP contribution in [-0.4, -0.2) is 63.6 Å². The molecule has 1 heterocycles. The molecule has 1 aromatic rings. The van der Waals surface area contributed by atoms with Crippen molar-refractivity contribution in [2.75, 3.05) is 39.9 Å². The smallest absolute Gasteiger partial charge is 0.243 e. The van der Waals surface area contributed by atoms with E-state index in [0.717, 1.165) is 13.1 Å². The van der Waals surface area contributed by atoms with Gasteiger partial charge >= 0.3 is 0 Å². The molecule has 6 nitrogen and oxygen atoms in total. The van der Waals surface area contributed by atoms with Crippen LogP contribution in [0.2, 0.25) is 5.02 Å². The number of sulfonamides is 1. The van der Waals surface area contributed by atoms with Crippen molar-refractivity contribution in [3.8, 4) is 6.07 Å². The summed E-state index contributed by atoms with van der Waals surface area (Å²) in [6, 6.07) is 5.89. The summed E-state index contributed by atoms with van der Waals surface area (Å²) in [6.45, 7) is 5.46. The molecule has 8 heteroatoms. The zero-order chi connectivity index (χ0) is 17.0. The minimum absolute atomic E-state index is 0.0785. The maximum absolute atomic E-state index is 12.7. The maximum atomic E-state index is 12.7. The lowest BCUT2D eigenvalue weighted by Crippen LogP contribution is -2.46. The molecule has 1 fully saturated rings. The second-order valence-electron chi connectivity index (χ2n) is 5.54. The Bertz CT molecular complexity index is 696. The van der Waals surface area contributed by atoms with Crippen LogP contribution >= 0.6 is 11.6 Å². The van der Waals surface area contributed by atoms with Crippen molar-refractivity contribution >= 4 is 21.6 Å². The Labute approximate surface area is 142 Å². The summed E-state index contributed by atoms with van der Waals surface area (Å²) in [5.41, 5.74) is 0.155. The van der Waals surface area contributed by atoms with Gasteiger partial charge in [-0.25, -0.2) is 8.42 Å². The molecule has 0 spiro atoms. The third kappa shape index (κ3) is 4.22. The first-order chi connectivity index (χ1) is 10.9. The predicted octanol–water partition coefficient (Wildman–Crippen LogP) is 1.55. The Hall–Kier alpha value is -1.17. The lowest BCUT2D eigenvalue weighted by molar-refractivity contribution is 0.0314. The van der Waals surface area contributed by atoms with Crippen LogP contribution in [0.1, 0.15) is 12.5 Å². The van der Waals surface area contributed by atoms with Crippen LogP contribution in [0.4, 0.5) is 0 Å². The van der Waals surface area contributed by atoms with Crippen molar-refractivity contribution < 1.29 is 13.2 Å². The molecule has 0 aliphatic carbocycles. The molecule has 126 valence electrons. The molecule has 1 saturated heterocycles. The number of hydrogen-bond donors (Lipinski definition) is 0. The molecule has 23 heavy (non-hydrogen) atoms.